The molecule has 2 aromatic heterocycles. The van der Waals surface area contributed by atoms with Crippen LogP contribution in [0.25, 0.3) is 99.4 Å². The van der Waals surface area contributed by atoms with Crippen LogP contribution in [0.2, 0.25) is 0 Å². The van der Waals surface area contributed by atoms with E-state index in [0.717, 1.165) is 90.5 Å². The van der Waals surface area contributed by atoms with Gasteiger partial charge < -0.3 is 4.42 Å². The SMILES string of the molecule is CC/C=C\C(=C(/C)c1cccc2c1-c1cc3ccccc3cc1C2)c1nc(-c2cccc3ccccc23)c(C)c(-c2cccc3oc4cccc(-c5ccccc5)c4c23)n1. The van der Waals surface area contributed by atoms with E-state index in [0.29, 0.717) is 5.82 Å². The summed E-state index contributed by atoms with van der Waals surface area (Å²) in [5.74, 6) is 0.697. The summed E-state index contributed by atoms with van der Waals surface area (Å²) in [4.78, 5) is 11.3. The number of allylic oxidation sites excluding steroid dienone is 4. The average molecular weight is 771 g/mol. The molecule has 3 nitrogen and oxygen atoms in total. The van der Waals surface area contributed by atoms with Gasteiger partial charge in [0, 0.05) is 33.0 Å². The van der Waals surface area contributed by atoms with Crippen molar-refractivity contribution in [2.24, 2.45) is 0 Å². The number of hydrogen-bond donors (Lipinski definition) is 0. The van der Waals surface area contributed by atoms with Gasteiger partial charge in [0.1, 0.15) is 11.2 Å². The quantitative estimate of drug-likeness (QED) is 0.152. The van der Waals surface area contributed by atoms with Gasteiger partial charge in [0.05, 0.1) is 11.4 Å². The third-order valence-corrected chi connectivity index (χ3v) is 12.4. The summed E-state index contributed by atoms with van der Waals surface area (Å²) in [5, 5.41) is 7.02. The number of benzene rings is 8. The summed E-state index contributed by atoms with van der Waals surface area (Å²) in [6, 6.07) is 58.7. The molecule has 8 aromatic carbocycles. The third kappa shape index (κ3) is 5.80. The van der Waals surface area contributed by atoms with E-state index in [9.17, 15) is 0 Å². The van der Waals surface area contributed by atoms with Gasteiger partial charge in [0.25, 0.3) is 0 Å². The van der Waals surface area contributed by atoms with Gasteiger partial charge >= 0.3 is 0 Å². The molecular formula is C57H42N2O. The summed E-state index contributed by atoms with van der Waals surface area (Å²) < 4.78 is 6.65. The molecule has 0 aliphatic heterocycles. The van der Waals surface area contributed by atoms with E-state index in [-0.39, 0.29) is 0 Å². The highest BCUT2D eigenvalue weighted by molar-refractivity contribution is 6.18. The van der Waals surface area contributed by atoms with Crippen molar-refractivity contribution in [3.05, 3.63) is 204 Å². The number of hydrogen-bond acceptors (Lipinski definition) is 3. The number of rotatable bonds is 7. The maximum Gasteiger partial charge on any atom is 0.160 e. The van der Waals surface area contributed by atoms with E-state index in [1.54, 1.807) is 0 Å². The Morgan fingerprint density at radius 3 is 1.98 bits per heavy atom. The van der Waals surface area contributed by atoms with Gasteiger partial charge in [-0.1, -0.05) is 165 Å². The van der Waals surface area contributed by atoms with Crippen molar-refractivity contribution in [1.82, 2.24) is 9.97 Å². The van der Waals surface area contributed by atoms with Crippen molar-refractivity contribution < 1.29 is 4.42 Å². The molecule has 286 valence electrons. The van der Waals surface area contributed by atoms with Crippen LogP contribution in [0.5, 0.6) is 0 Å². The van der Waals surface area contributed by atoms with E-state index in [1.807, 2.05) is 0 Å². The number of fused-ring (bicyclic) bond motifs is 8. The highest BCUT2D eigenvalue weighted by Gasteiger charge is 2.26. The van der Waals surface area contributed by atoms with E-state index in [1.165, 1.54) is 44.0 Å². The second-order valence-corrected chi connectivity index (χ2v) is 15.9. The van der Waals surface area contributed by atoms with Gasteiger partial charge in [0.15, 0.2) is 5.82 Å². The molecule has 2 heterocycles. The molecule has 11 rings (SSSR count). The minimum atomic E-state index is 0.697. The van der Waals surface area contributed by atoms with Crippen LogP contribution in [-0.4, -0.2) is 9.97 Å². The fourth-order valence-electron chi connectivity index (χ4n) is 9.51. The second kappa shape index (κ2) is 14.5. The molecule has 0 saturated carbocycles. The lowest BCUT2D eigenvalue weighted by Crippen LogP contribution is -2.04. The van der Waals surface area contributed by atoms with Crippen molar-refractivity contribution in [3.63, 3.8) is 0 Å². The van der Waals surface area contributed by atoms with Crippen LogP contribution in [0.15, 0.2) is 180 Å². The Labute approximate surface area is 350 Å². The molecule has 3 heteroatoms. The fraction of sp³-hybridized carbons (Fsp3) is 0.0877. The zero-order valence-electron chi connectivity index (χ0n) is 34.0. The molecule has 0 atom stereocenters. The lowest BCUT2D eigenvalue weighted by atomic mass is 9.90. The molecule has 1 aliphatic carbocycles. The van der Waals surface area contributed by atoms with Gasteiger partial charge in [-0.2, -0.15) is 0 Å². The van der Waals surface area contributed by atoms with E-state index >= 15 is 0 Å². The first-order chi connectivity index (χ1) is 29.6. The molecule has 0 spiro atoms. The van der Waals surface area contributed by atoms with Crippen LogP contribution in [0.3, 0.4) is 0 Å². The largest absolute Gasteiger partial charge is 0.456 e. The Kier molecular flexibility index (Phi) is 8.63. The Balaban J connectivity index is 1.21. The number of aromatic nitrogens is 2. The van der Waals surface area contributed by atoms with Crippen molar-refractivity contribution >= 4 is 54.6 Å². The third-order valence-electron chi connectivity index (χ3n) is 12.4. The van der Waals surface area contributed by atoms with Crippen molar-refractivity contribution in [2.45, 2.75) is 33.6 Å². The maximum absolute atomic E-state index is 6.65. The second-order valence-electron chi connectivity index (χ2n) is 15.9. The molecule has 0 N–H and O–H groups in total. The van der Waals surface area contributed by atoms with E-state index in [2.05, 4.69) is 197 Å². The molecule has 0 unspecified atom stereocenters. The fourth-order valence-corrected chi connectivity index (χ4v) is 9.51. The predicted octanol–water partition coefficient (Wildman–Crippen LogP) is 15.5. The molecule has 0 fully saturated rings. The molecule has 1 aliphatic rings. The molecule has 0 saturated heterocycles. The Hall–Kier alpha value is -7.36. The van der Waals surface area contributed by atoms with Gasteiger partial charge in [0.2, 0.25) is 0 Å². The molecule has 60 heavy (non-hydrogen) atoms. The Morgan fingerprint density at radius 1 is 0.583 bits per heavy atom. The zero-order valence-corrected chi connectivity index (χ0v) is 34.0. The smallest absolute Gasteiger partial charge is 0.160 e. The highest BCUT2D eigenvalue weighted by atomic mass is 16.3. The first kappa shape index (κ1) is 35.8. The molecule has 10 aromatic rings. The predicted molar refractivity (Wildman–Crippen MR) is 252 cm³/mol. The zero-order chi connectivity index (χ0) is 40.3. The summed E-state index contributed by atoms with van der Waals surface area (Å²) in [7, 11) is 0. The maximum atomic E-state index is 6.65. The summed E-state index contributed by atoms with van der Waals surface area (Å²) in [6.07, 6.45) is 6.28. The van der Waals surface area contributed by atoms with Crippen LogP contribution in [-0.2, 0) is 6.42 Å². The van der Waals surface area contributed by atoms with Crippen molar-refractivity contribution in [3.8, 4) is 44.8 Å². The lowest BCUT2D eigenvalue weighted by Gasteiger charge is -2.18. The Morgan fingerprint density at radius 2 is 1.20 bits per heavy atom. The molecule has 0 amide bonds. The highest BCUT2D eigenvalue weighted by Crippen LogP contribution is 2.46. The van der Waals surface area contributed by atoms with Crippen LogP contribution in [0.4, 0.5) is 0 Å². The normalized spacial score (nSPS) is 12.8. The average Bonchev–Trinajstić information content (AvgIpc) is 3.87. The first-order valence-corrected chi connectivity index (χ1v) is 20.9. The minimum Gasteiger partial charge on any atom is -0.456 e. The van der Waals surface area contributed by atoms with Crippen LogP contribution < -0.4 is 0 Å². The lowest BCUT2D eigenvalue weighted by molar-refractivity contribution is 0.669. The van der Waals surface area contributed by atoms with E-state index < -0.39 is 0 Å². The van der Waals surface area contributed by atoms with Crippen LogP contribution >= 0.6 is 0 Å². The van der Waals surface area contributed by atoms with Crippen LogP contribution in [0.1, 0.15) is 48.3 Å². The summed E-state index contributed by atoms with van der Waals surface area (Å²) in [5.41, 5.74) is 17.6. The molecule has 0 bridgehead atoms. The van der Waals surface area contributed by atoms with E-state index in [4.69, 9.17) is 14.4 Å². The van der Waals surface area contributed by atoms with Crippen LogP contribution in [0, 0.1) is 6.92 Å². The van der Waals surface area contributed by atoms with Gasteiger partial charge in [-0.15, -0.1) is 0 Å². The number of nitrogens with zero attached hydrogens (tertiary/aromatic N) is 2. The van der Waals surface area contributed by atoms with Crippen molar-refractivity contribution in [2.75, 3.05) is 0 Å². The summed E-state index contributed by atoms with van der Waals surface area (Å²) in [6.45, 7) is 6.61. The summed E-state index contributed by atoms with van der Waals surface area (Å²) >= 11 is 0. The van der Waals surface area contributed by atoms with Gasteiger partial charge in [-0.3, -0.25) is 0 Å². The van der Waals surface area contributed by atoms with Crippen molar-refractivity contribution in [1.29, 1.82) is 0 Å². The van der Waals surface area contributed by atoms with Gasteiger partial charge in [-0.05, 0) is 111 Å². The standard InChI is InChI=1S/C57H42N2O/c1-4-5-24-44(35(2)43-26-14-23-41-33-42-32-39-20-9-10-21-40(39)34-49(42)52(41)43)57-58-55(47-28-13-22-37-19-11-12-25-45(37)47)36(3)56(59-57)48-29-16-31-51-54(48)53-46(27-15-30-50(53)60-51)38-17-7-6-8-18-38/h5-32,34H,4,33H2,1-3H3/b24-5-,44-35-. The topological polar surface area (TPSA) is 38.9 Å². The molecule has 0 radical (unpaired) electrons. The van der Waals surface area contributed by atoms with Gasteiger partial charge in [-0.25, -0.2) is 9.97 Å². The Bertz CT molecular complexity index is 3400. The molecular weight excluding hydrogens is 729 g/mol. The monoisotopic (exact) mass is 770 g/mol. The number of furan rings is 1. The minimum absolute atomic E-state index is 0.697. The first-order valence-electron chi connectivity index (χ1n) is 20.9.